The zero-order valence-electron chi connectivity index (χ0n) is 33.9. The van der Waals surface area contributed by atoms with Gasteiger partial charge in [-0.1, -0.05) is 54.6 Å². The number of cyclic esters (lactones) is 2. The SMILES string of the molecule is CNCc1cccc(-c2ccc(O)cc2C2=C3C(=O)OC(=CC(CCO)Cc4ccccc4)C34CCC2C2CCC3=C(C(=O)OC3=CCC(CO)C3CCNCC3)C24)c1. The number of hydrogen-bond acceptors (Lipinski definition) is 9. The molecule has 5 N–H and O–H groups in total. The summed E-state index contributed by atoms with van der Waals surface area (Å²) in [5.74, 6) is 0.528. The third kappa shape index (κ3) is 7.10. The number of aliphatic hydroxyl groups excluding tert-OH is 2. The molecule has 3 aromatic carbocycles. The summed E-state index contributed by atoms with van der Waals surface area (Å²) in [5, 5.41) is 38.5. The average molecular weight is 797 g/mol. The molecule has 59 heavy (non-hydrogen) atoms. The van der Waals surface area contributed by atoms with Crippen LogP contribution in [-0.4, -0.2) is 60.6 Å². The van der Waals surface area contributed by atoms with Crippen molar-refractivity contribution in [2.75, 3.05) is 33.4 Å². The first-order chi connectivity index (χ1) is 28.8. The molecule has 0 aromatic heterocycles. The summed E-state index contributed by atoms with van der Waals surface area (Å²) in [6.07, 6.45) is 10.8. The maximum absolute atomic E-state index is 14.8. The van der Waals surface area contributed by atoms with Crippen LogP contribution in [-0.2, 0) is 32.0 Å². The van der Waals surface area contributed by atoms with E-state index < -0.39 is 11.4 Å². The fourth-order valence-corrected chi connectivity index (χ4v) is 11.8. The fourth-order valence-electron chi connectivity index (χ4n) is 11.8. The number of esters is 2. The minimum absolute atomic E-state index is 0.0159. The number of piperidine rings is 1. The van der Waals surface area contributed by atoms with Gasteiger partial charge in [0.2, 0.25) is 0 Å². The zero-order valence-corrected chi connectivity index (χ0v) is 33.9. The minimum Gasteiger partial charge on any atom is -0.508 e. The van der Waals surface area contributed by atoms with E-state index in [4.69, 9.17) is 9.47 Å². The molecule has 3 fully saturated rings. The van der Waals surface area contributed by atoms with E-state index in [0.29, 0.717) is 67.2 Å². The second-order valence-corrected chi connectivity index (χ2v) is 17.5. The van der Waals surface area contributed by atoms with Crippen LogP contribution in [0.4, 0.5) is 0 Å². The number of allylic oxidation sites excluding steroid dienone is 5. The van der Waals surface area contributed by atoms with Gasteiger partial charge in [0.05, 0.1) is 11.0 Å². The largest absolute Gasteiger partial charge is 0.508 e. The number of carbonyl (C=O) groups is 2. The van der Waals surface area contributed by atoms with Crippen LogP contribution in [0.1, 0.15) is 68.1 Å². The summed E-state index contributed by atoms with van der Waals surface area (Å²) in [6, 6.07) is 24.0. The van der Waals surface area contributed by atoms with E-state index in [1.165, 1.54) is 0 Å². The van der Waals surface area contributed by atoms with Crippen LogP contribution in [0, 0.1) is 40.9 Å². The second-order valence-electron chi connectivity index (χ2n) is 17.5. The number of benzene rings is 3. The fraction of sp³-hybridized carbons (Fsp3) is 0.440. The molecular formula is C50H56N2O7. The van der Waals surface area contributed by atoms with Crippen LogP contribution in [0.5, 0.6) is 5.75 Å². The summed E-state index contributed by atoms with van der Waals surface area (Å²) in [5.41, 5.74) is 7.16. The smallest absolute Gasteiger partial charge is 0.340 e. The number of aliphatic hydroxyl groups is 2. The number of aromatic hydroxyl groups is 1. The Labute approximate surface area is 346 Å². The third-order valence-corrected chi connectivity index (χ3v) is 14.4. The van der Waals surface area contributed by atoms with Gasteiger partial charge in [0.25, 0.3) is 0 Å². The van der Waals surface area contributed by atoms with Crippen molar-refractivity contribution in [3.05, 3.63) is 130 Å². The normalized spacial score (nSPS) is 27.5. The highest BCUT2D eigenvalue weighted by Crippen LogP contribution is 2.72. The first-order valence-electron chi connectivity index (χ1n) is 21.7. The van der Waals surface area contributed by atoms with Gasteiger partial charge in [-0.2, -0.15) is 0 Å². The zero-order chi connectivity index (χ0) is 40.7. The number of nitrogens with one attached hydrogen (secondary N) is 2. The molecule has 3 heterocycles. The van der Waals surface area contributed by atoms with E-state index in [9.17, 15) is 24.9 Å². The van der Waals surface area contributed by atoms with Crippen molar-refractivity contribution in [3.63, 3.8) is 0 Å². The molecule has 3 aliphatic heterocycles. The van der Waals surface area contributed by atoms with Gasteiger partial charge in [-0.25, -0.2) is 9.59 Å². The van der Waals surface area contributed by atoms with Crippen molar-refractivity contribution in [1.82, 2.24) is 10.6 Å². The van der Waals surface area contributed by atoms with Crippen LogP contribution < -0.4 is 10.6 Å². The number of ether oxygens (including phenoxy) is 2. The Bertz CT molecular complexity index is 2230. The van der Waals surface area contributed by atoms with Crippen LogP contribution in [0.3, 0.4) is 0 Å². The van der Waals surface area contributed by atoms with Crippen LogP contribution in [0.15, 0.2) is 113 Å². The Balaban J connectivity index is 1.21. The van der Waals surface area contributed by atoms with Gasteiger partial charge >= 0.3 is 11.9 Å². The monoisotopic (exact) mass is 796 g/mol. The molecule has 1 saturated carbocycles. The van der Waals surface area contributed by atoms with E-state index in [2.05, 4.69) is 47.0 Å². The molecular weight excluding hydrogens is 741 g/mol. The molecule has 2 bridgehead atoms. The number of phenols is 1. The molecule has 7 aliphatic rings. The summed E-state index contributed by atoms with van der Waals surface area (Å²) >= 11 is 0. The highest BCUT2D eigenvalue weighted by molar-refractivity contribution is 6.07. The lowest BCUT2D eigenvalue weighted by atomic mass is 9.44. The van der Waals surface area contributed by atoms with E-state index in [-0.39, 0.29) is 54.5 Å². The molecule has 0 amide bonds. The van der Waals surface area contributed by atoms with Crippen molar-refractivity contribution in [2.45, 2.75) is 64.3 Å². The molecule has 10 rings (SSSR count). The third-order valence-electron chi connectivity index (χ3n) is 14.4. The van der Waals surface area contributed by atoms with Gasteiger partial charge in [0.1, 0.15) is 17.3 Å². The van der Waals surface area contributed by atoms with E-state index in [1.807, 2.05) is 49.5 Å². The van der Waals surface area contributed by atoms with E-state index in [1.54, 1.807) is 6.07 Å². The highest BCUT2D eigenvalue weighted by atomic mass is 16.6. The molecule has 6 atom stereocenters. The van der Waals surface area contributed by atoms with E-state index >= 15 is 0 Å². The maximum Gasteiger partial charge on any atom is 0.340 e. The lowest BCUT2D eigenvalue weighted by Gasteiger charge is -2.56. The number of fused-ring (bicyclic) bond motifs is 1. The van der Waals surface area contributed by atoms with Gasteiger partial charge in [-0.15, -0.1) is 0 Å². The first kappa shape index (κ1) is 39.6. The summed E-state index contributed by atoms with van der Waals surface area (Å²) in [6.45, 7) is 2.65. The summed E-state index contributed by atoms with van der Waals surface area (Å²) in [7, 11) is 1.92. The molecule has 0 radical (unpaired) electrons. The Morgan fingerprint density at radius 2 is 1.71 bits per heavy atom. The number of hydrogen-bond donors (Lipinski definition) is 5. The predicted octanol–water partition coefficient (Wildman–Crippen LogP) is 7.39. The Morgan fingerprint density at radius 3 is 2.49 bits per heavy atom. The van der Waals surface area contributed by atoms with Crippen molar-refractivity contribution >= 4 is 17.5 Å². The van der Waals surface area contributed by atoms with Gasteiger partial charge in [0, 0.05) is 36.8 Å². The highest BCUT2D eigenvalue weighted by Gasteiger charge is 2.68. The molecule has 2 saturated heterocycles. The van der Waals surface area contributed by atoms with Crippen LogP contribution in [0.2, 0.25) is 0 Å². The van der Waals surface area contributed by atoms with E-state index in [0.717, 1.165) is 77.7 Å². The lowest BCUT2D eigenvalue weighted by molar-refractivity contribution is -0.135. The Hall–Kier alpha value is -4.80. The molecule has 4 aliphatic carbocycles. The first-order valence-corrected chi connectivity index (χ1v) is 21.7. The van der Waals surface area contributed by atoms with Crippen molar-refractivity contribution in [3.8, 4) is 16.9 Å². The van der Waals surface area contributed by atoms with Crippen molar-refractivity contribution in [1.29, 1.82) is 0 Å². The van der Waals surface area contributed by atoms with Gasteiger partial charge < -0.3 is 35.4 Å². The van der Waals surface area contributed by atoms with Crippen molar-refractivity contribution < 1.29 is 34.4 Å². The quantitative estimate of drug-likeness (QED) is 0.112. The van der Waals surface area contributed by atoms with Crippen LogP contribution >= 0.6 is 0 Å². The molecule has 9 heteroatoms. The van der Waals surface area contributed by atoms with Crippen molar-refractivity contribution in [2.24, 2.45) is 40.9 Å². The van der Waals surface area contributed by atoms with Gasteiger partial charge in [-0.05, 0) is 171 Å². The Kier molecular flexibility index (Phi) is 11.2. The molecule has 1 spiro atoms. The molecule has 9 nitrogen and oxygen atoms in total. The van der Waals surface area contributed by atoms with Gasteiger partial charge in [0.15, 0.2) is 0 Å². The average Bonchev–Trinajstić information content (AvgIpc) is 3.74. The molecule has 6 unspecified atom stereocenters. The summed E-state index contributed by atoms with van der Waals surface area (Å²) < 4.78 is 12.7. The number of phenolic OH excluding ortho intramolecular Hbond substituents is 1. The maximum atomic E-state index is 14.8. The minimum atomic E-state index is -0.939. The lowest BCUT2D eigenvalue weighted by Crippen LogP contribution is -2.52. The molecule has 308 valence electrons. The predicted molar refractivity (Wildman–Crippen MR) is 226 cm³/mol. The summed E-state index contributed by atoms with van der Waals surface area (Å²) in [4.78, 5) is 29.2. The number of carbonyl (C=O) groups excluding carboxylic acids is 2. The standard InChI is InChI=1S/C50H56N2O7/c1-51-28-32-8-5-9-34(25-32)37-12-11-36(55)27-41(37)44-38-16-20-50(43(59-49(57)47(44)50)26-31(19-23-53)24-30-6-3-2-4-7-30)46-39(38)13-14-40-42(58-48(56)45(40)46)15-10-35(29-54)33-17-21-52-22-18-33/h2-9,11-12,15,25-27,31,33,35,38-39,46,51-55H,10,13-14,16-24,28-29H2,1H3. The Morgan fingerprint density at radius 1 is 0.898 bits per heavy atom. The van der Waals surface area contributed by atoms with Crippen LogP contribution in [0.25, 0.3) is 16.7 Å². The second kappa shape index (κ2) is 16.7. The van der Waals surface area contributed by atoms with Gasteiger partial charge in [-0.3, -0.25) is 0 Å². The molecule has 3 aromatic rings. The number of rotatable bonds is 13. The topological polar surface area (TPSA) is 137 Å².